The van der Waals surface area contributed by atoms with E-state index in [4.69, 9.17) is 10.5 Å². The summed E-state index contributed by atoms with van der Waals surface area (Å²) < 4.78 is 5.84. The summed E-state index contributed by atoms with van der Waals surface area (Å²) in [5.74, 6) is 1.16. The minimum Gasteiger partial charge on any atom is -0.488 e. The van der Waals surface area contributed by atoms with Crippen LogP contribution >= 0.6 is 0 Å². The van der Waals surface area contributed by atoms with Crippen LogP contribution in [0.1, 0.15) is 18.4 Å². The molecule has 0 bridgehead atoms. The first kappa shape index (κ1) is 16.4. The summed E-state index contributed by atoms with van der Waals surface area (Å²) in [4.78, 5) is 25.0. The van der Waals surface area contributed by atoms with Gasteiger partial charge in [-0.25, -0.2) is 9.59 Å². The van der Waals surface area contributed by atoms with Crippen molar-refractivity contribution in [2.24, 2.45) is 11.7 Å². The first-order valence-electron chi connectivity index (χ1n) is 8.42. The molecule has 1 aromatic rings. The lowest BCUT2D eigenvalue weighted by atomic mass is 9.98. The lowest BCUT2D eigenvalue weighted by Gasteiger charge is -2.33. The molecule has 2 heterocycles. The van der Waals surface area contributed by atoms with E-state index in [1.807, 2.05) is 18.2 Å². The SMILES string of the molecule is NC(=O)NC[C@H]1CCCN(C(=O)NC[C@@H]2Cc3ccccc3O2)C1. The van der Waals surface area contributed by atoms with Crippen molar-refractivity contribution in [3.8, 4) is 5.75 Å². The van der Waals surface area contributed by atoms with Gasteiger partial charge in [-0.15, -0.1) is 0 Å². The third-order valence-electron chi connectivity index (χ3n) is 4.57. The molecule has 3 rings (SSSR count). The molecule has 0 unspecified atom stereocenters. The first-order chi connectivity index (χ1) is 11.6. The van der Waals surface area contributed by atoms with E-state index in [1.165, 1.54) is 5.56 Å². The standard InChI is InChI=1S/C17H24N4O3/c18-16(22)19-9-12-4-3-7-21(11-12)17(23)20-10-14-8-13-5-1-2-6-15(13)24-14/h1-2,5-6,12,14H,3-4,7-11H2,(H,20,23)(H3,18,19,22)/t12-,14+/m1/s1. The van der Waals surface area contributed by atoms with Crippen molar-refractivity contribution in [1.82, 2.24) is 15.5 Å². The number of rotatable bonds is 4. The monoisotopic (exact) mass is 332 g/mol. The Balaban J connectivity index is 1.43. The van der Waals surface area contributed by atoms with E-state index >= 15 is 0 Å². The maximum atomic E-state index is 12.4. The number of carbonyl (C=O) groups excluding carboxylic acids is 2. The van der Waals surface area contributed by atoms with Crippen molar-refractivity contribution in [3.63, 3.8) is 0 Å². The Bertz CT molecular complexity index is 582. The lowest BCUT2D eigenvalue weighted by Crippen LogP contribution is -2.49. The molecule has 2 atom stereocenters. The highest BCUT2D eigenvalue weighted by Crippen LogP contribution is 2.27. The van der Waals surface area contributed by atoms with Gasteiger partial charge in [-0.05, 0) is 30.4 Å². The number of nitrogens with two attached hydrogens (primary N) is 1. The van der Waals surface area contributed by atoms with Crippen molar-refractivity contribution < 1.29 is 14.3 Å². The number of ether oxygens (including phenoxy) is 1. The van der Waals surface area contributed by atoms with Crippen molar-refractivity contribution >= 4 is 12.1 Å². The Morgan fingerprint density at radius 1 is 1.25 bits per heavy atom. The van der Waals surface area contributed by atoms with Gasteiger partial charge in [-0.1, -0.05) is 18.2 Å². The fraction of sp³-hybridized carbons (Fsp3) is 0.529. The van der Waals surface area contributed by atoms with Gasteiger partial charge in [-0.2, -0.15) is 0 Å². The molecule has 7 nitrogen and oxygen atoms in total. The molecule has 1 aromatic carbocycles. The van der Waals surface area contributed by atoms with E-state index in [0.29, 0.717) is 19.6 Å². The van der Waals surface area contributed by atoms with Crippen LogP contribution in [0, 0.1) is 5.92 Å². The predicted molar refractivity (Wildman–Crippen MR) is 89.8 cm³/mol. The number of amides is 4. The molecule has 4 N–H and O–H groups in total. The lowest BCUT2D eigenvalue weighted by molar-refractivity contribution is 0.158. The molecule has 1 fully saturated rings. The Labute approximate surface area is 141 Å². The fourth-order valence-corrected chi connectivity index (χ4v) is 3.34. The third kappa shape index (κ3) is 4.10. The highest BCUT2D eigenvalue weighted by Gasteiger charge is 2.26. The quantitative estimate of drug-likeness (QED) is 0.770. The molecule has 0 radical (unpaired) electrons. The van der Waals surface area contributed by atoms with Gasteiger partial charge in [0.05, 0.1) is 6.54 Å². The number of piperidine rings is 1. The van der Waals surface area contributed by atoms with Gasteiger partial charge in [0.2, 0.25) is 0 Å². The van der Waals surface area contributed by atoms with Crippen LogP contribution in [0.15, 0.2) is 24.3 Å². The Kier molecular flexibility index (Phi) is 5.08. The molecule has 0 spiro atoms. The molecular formula is C17H24N4O3. The maximum absolute atomic E-state index is 12.4. The van der Waals surface area contributed by atoms with Gasteiger partial charge in [0.1, 0.15) is 11.9 Å². The van der Waals surface area contributed by atoms with Crippen LogP contribution in [0.4, 0.5) is 9.59 Å². The topological polar surface area (TPSA) is 96.7 Å². The number of para-hydroxylation sites is 1. The van der Waals surface area contributed by atoms with E-state index < -0.39 is 6.03 Å². The molecule has 4 amide bonds. The van der Waals surface area contributed by atoms with Gasteiger partial charge < -0.3 is 26.0 Å². The zero-order valence-corrected chi connectivity index (χ0v) is 13.7. The van der Waals surface area contributed by atoms with Crippen molar-refractivity contribution in [3.05, 3.63) is 29.8 Å². The van der Waals surface area contributed by atoms with Crippen molar-refractivity contribution in [2.75, 3.05) is 26.2 Å². The minimum atomic E-state index is -0.519. The van der Waals surface area contributed by atoms with E-state index in [0.717, 1.165) is 31.6 Å². The number of nitrogens with zero attached hydrogens (tertiary/aromatic N) is 1. The summed E-state index contributed by atoms with van der Waals surface area (Å²) in [5, 5.41) is 5.59. The van der Waals surface area contributed by atoms with E-state index in [2.05, 4.69) is 16.7 Å². The summed E-state index contributed by atoms with van der Waals surface area (Å²) in [6, 6.07) is 7.37. The molecule has 24 heavy (non-hydrogen) atoms. The van der Waals surface area contributed by atoms with Crippen LogP contribution in [0.3, 0.4) is 0 Å². The van der Waals surface area contributed by atoms with E-state index in [9.17, 15) is 9.59 Å². The third-order valence-corrected chi connectivity index (χ3v) is 4.57. The van der Waals surface area contributed by atoms with Crippen LogP contribution in [-0.2, 0) is 6.42 Å². The average Bonchev–Trinajstić information content (AvgIpc) is 3.01. The number of urea groups is 2. The zero-order chi connectivity index (χ0) is 16.9. The summed E-state index contributed by atoms with van der Waals surface area (Å²) in [6.07, 6.45) is 2.74. The molecule has 0 saturated carbocycles. The maximum Gasteiger partial charge on any atom is 0.317 e. The summed E-state index contributed by atoms with van der Waals surface area (Å²) in [6.45, 7) is 2.39. The Morgan fingerprint density at radius 2 is 2.08 bits per heavy atom. The number of nitrogens with one attached hydrogen (secondary N) is 2. The number of benzene rings is 1. The normalized spacial score (nSPS) is 22.4. The zero-order valence-electron chi connectivity index (χ0n) is 13.7. The largest absolute Gasteiger partial charge is 0.488 e. The summed E-state index contributed by atoms with van der Waals surface area (Å²) in [7, 11) is 0. The minimum absolute atomic E-state index is 0.0107. The molecule has 0 aliphatic carbocycles. The summed E-state index contributed by atoms with van der Waals surface area (Å²) in [5.41, 5.74) is 6.29. The van der Waals surface area contributed by atoms with Crippen LogP contribution in [0.5, 0.6) is 5.75 Å². The predicted octanol–water partition coefficient (Wildman–Crippen LogP) is 1.08. The number of primary amides is 1. The molecule has 130 valence electrons. The van der Waals surface area contributed by atoms with Crippen LogP contribution in [0.25, 0.3) is 0 Å². The van der Waals surface area contributed by atoms with Gasteiger partial charge in [-0.3, -0.25) is 0 Å². The second-order valence-corrected chi connectivity index (χ2v) is 6.44. The van der Waals surface area contributed by atoms with Gasteiger partial charge >= 0.3 is 12.1 Å². The van der Waals surface area contributed by atoms with Crippen molar-refractivity contribution in [2.45, 2.75) is 25.4 Å². The Morgan fingerprint density at radius 3 is 2.88 bits per heavy atom. The number of fused-ring (bicyclic) bond motifs is 1. The smallest absolute Gasteiger partial charge is 0.317 e. The molecule has 0 aromatic heterocycles. The molecule has 2 aliphatic heterocycles. The molecule has 7 heteroatoms. The second kappa shape index (κ2) is 7.42. The number of carbonyl (C=O) groups is 2. The van der Waals surface area contributed by atoms with Gasteiger partial charge in [0, 0.05) is 26.1 Å². The van der Waals surface area contributed by atoms with Gasteiger partial charge in [0.25, 0.3) is 0 Å². The Hall–Kier alpha value is -2.44. The van der Waals surface area contributed by atoms with Crippen molar-refractivity contribution in [1.29, 1.82) is 0 Å². The highest BCUT2D eigenvalue weighted by molar-refractivity contribution is 5.74. The first-order valence-corrected chi connectivity index (χ1v) is 8.42. The molecule has 2 aliphatic rings. The average molecular weight is 332 g/mol. The summed E-state index contributed by atoms with van der Waals surface area (Å²) >= 11 is 0. The van der Waals surface area contributed by atoms with Crippen LogP contribution in [0.2, 0.25) is 0 Å². The van der Waals surface area contributed by atoms with E-state index in [-0.39, 0.29) is 18.1 Å². The number of likely N-dealkylation sites (tertiary alicyclic amines) is 1. The van der Waals surface area contributed by atoms with E-state index in [1.54, 1.807) is 4.90 Å². The molecule has 1 saturated heterocycles. The molecular weight excluding hydrogens is 308 g/mol. The second-order valence-electron chi connectivity index (χ2n) is 6.44. The van der Waals surface area contributed by atoms with Crippen LogP contribution < -0.4 is 21.1 Å². The number of hydrogen-bond donors (Lipinski definition) is 3. The van der Waals surface area contributed by atoms with Gasteiger partial charge in [0.15, 0.2) is 0 Å². The number of hydrogen-bond acceptors (Lipinski definition) is 3. The fourth-order valence-electron chi connectivity index (χ4n) is 3.34. The highest BCUT2D eigenvalue weighted by atomic mass is 16.5. The van der Waals surface area contributed by atoms with Crippen LogP contribution in [-0.4, -0.2) is 49.2 Å².